The number of halogens is 4. The third kappa shape index (κ3) is 3.42. The second-order valence-electron chi connectivity index (χ2n) is 4.68. The molecule has 0 fully saturated rings. The second kappa shape index (κ2) is 6.00. The van der Waals surface area contributed by atoms with E-state index < -0.39 is 11.7 Å². The van der Waals surface area contributed by atoms with Crippen LogP contribution < -0.4 is 0 Å². The largest absolute Gasteiger partial charge is 0.416 e. The number of aryl methyl sites for hydroxylation is 1. The lowest BCUT2D eigenvalue weighted by Gasteiger charge is -2.18. The van der Waals surface area contributed by atoms with Crippen LogP contribution >= 0.6 is 15.9 Å². The zero-order valence-corrected chi connectivity index (χ0v) is 12.5. The molecule has 2 rings (SSSR count). The minimum Gasteiger partial charge on any atom is -0.166 e. The molecule has 20 heavy (non-hydrogen) atoms. The van der Waals surface area contributed by atoms with Crippen LogP contribution in [-0.2, 0) is 12.6 Å². The molecule has 4 heteroatoms. The van der Waals surface area contributed by atoms with Gasteiger partial charge in [0.1, 0.15) is 0 Å². The zero-order chi connectivity index (χ0) is 14.8. The summed E-state index contributed by atoms with van der Waals surface area (Å²) in [5.41, 5.74) is 1.84. The first-order valence-electron chi connectivity index (χ1n) is 6.24. The van der Waals surface area contributed by atoms with Crippen LogP contribution in [0.2, 0.25) is 0 Å². The smallest absolute Gasteiger partial charge is 0.166 e. The van der Waals surface area contributed by atoms with Gasteiger partial charge in [0.15, 0.2) is 0 Å². The van der Waals surface area contributed by atoms with E-state index in [9.17, 15) is 13.2 Å². The van der Waals surface area contributed by atoms with Crippen molar-refractivity contribution in [2.24, 2.45) is 0 Å². The van der Waals surface area contributed by atoms with Crippen LogP contribution in [0.15, 0.2) is 48.5 Å². The maximum atomic E-state index is 13.0. The van der Waals surface area contributed by atoms with Crippen molar-refractivity contribution in [3.05, 3.63) is 70.8 Å². The van der Waals surface area contributed by atoms with Gasteiger partial charge in [-0.05, 0) is 36.1 Å². The number of benzene rings is 2. The van der Waals surface area contributed by atoms with Gasteiger partial charge >= 0.3 is 6.18 Å². The van der Waals surface area contributed by atoms with Crippen molar-refractivity contribution >= 4 is 15.9 Å². The summed E-state index contributed by atoms with van der Waals surface area (Å²) in [6.07, 6.45) is -3.80. The van der Waals surface area contributed by atoms with Gasteiger partial charge in [0.05, 0.1) is 5.56 Å². The first-order valence-corrected chi connectivity index (χ1v) is 7.16. The van der Waals surface area contributed by atoms with Crippen LogP contribution in [0.4, 0.5) is 13.2 Å². The van der Waals surface area contributed by atoms with Crippen molar-refractivity contribution in [3.8, 4) is 0 Å². The summed E-state index contributed by atoms with van der Waals surface area (Å²) in [6, 6.07) is 13.4. The van der Waals surface area contributed by atoms with Crippen LogP contribution in [0.25, 0.3) is 0 Å². The molecule has 0 aliphatic heterocycles. The highest BCUT2D eigenvalue weighted by molar-refractivity contribution is 9.09. The van der Waals surface area contributed by atoms with Crippen LogP contribution in [0.1, 0.15) is 27.1 Å². The molecular weight excluding hydrogens is 329 g/mol. The summed E-state index contributed by atoms with van der Waals surface area (Å²) in [4.78, 5) is -0.360. The molecule has 0 aromatic heterocycles. The Bertz CT molecular complexity index is 590. The molecule has 0 aliphatic carbocycles. The van der Waals surface area contributed by atoms with Gasteiger partial charge in [0, 0.05) is 4.83 Å². The van der Waals surface area contributed by atoms with Gasteiger partial charge < -0.3 is 0 Å². The fraction of sp³-hybridized carbons (Fsp3) is 0.250. The van der Waals surface area contributed by atoms with Crippen LogP contribution in [-0.4, -0.2) is 0 Å². The topological polar surface area (TPSA) is 0 Å². The molecule has 2 aromatic rings. The highest BCUT2D eigenvalue weighted by Gasteiger charge is 2.34. The molecule has 0 amide bonds. The first-order chi connectivity index (χ1) is 9.39. The third-order valence-corrected chi connectivity index (χ3v) is 4.08. The normalized spacial score (nSPS) is 13.2. The van der Waals surface area contributed by atoms with Gasteiger partial charge in [-0.3, -0.25) is 0 Å². The predicted molar refractivity (Wildman–Crippen MR) is 78.0 cm³/mol. The Labute approximate surface area is 124 Å². The van der Waals surface area contributed by atoms with Crippen molar-refractivity contribution in [2.45, 2.75) is 24.3 Å². The van der Waals surface area contributed by atoms with E-state index in [2.05, 4.69) is 15.9 Å². The van der Waals surface area contributed by atoms with Gasteiger partial charge in [-0.25, -0.2) is 0 Å². The van der Waals surface area contributed by atoms with Crippen molar-refractivity contribution < 1.29 is 13.2 Å². The fourth-order valence-corrected chi connectivity index (χ4v) is 2.92. The first kappa shape index (κ1) is 15.1. The van der Waals surface area contributed by atoms with E-state index in [1.165, 1.54) is 12.1 Å². The van der Waals surface area contributed by atoms with E-state index in [-0.39, 0.29) is 10.4 Å². The Balaban J connectivity index is 2.31. The van der Waals surface area contributed by atoms with E-state index in [0.29, 0.717) is 6.42 Å². The van der Waals surface area contributed by atoms with Crippen molar-refractivity contribution in [3.63, 3.8) is 0 Å². The molecular formula is C16H14BrF3. The third-order valence-electron chi connectivity index (χ3n) is 3.26. The van der Waals surface area contributed by atoms with Crippen LogP contribution in [0.5, 0.6) is 0 Å². The molecule has 106 valence electrons. The highest BCUT2D eigenvalue weighted by atomic mass is 79.9. The molecule has 0 nitrogen and oxygen atoms in total. The minimum atomic E-state index is -4.33. The van der Waals surface area contributed by atoms with Gasteiger partial charge in [-0.1, -0.05) is 58.4 Å². The Kier molecular flexibility index (Phi) is 4.53. The minimum absolute atomic E-state index is 0.281. The van der Waals surface area contributed by atoms with Gasteiger partial charge in [-0.15, -0.1) is 0 Å². The zero-order valence-electron chi connectivity index (χ0n) is 10.9. The molecule has 0 radical (unpaired) electrons. The average Bonchev–Trinajstić information content (AvgIpc) is 2.40. The summed E-state index contributed by atoms with van der Waals surface area (Å²) in [7, 11) is 0. The second-order valence-corrected chi connectivity index (χ2v) is 5.79. The molecule has 0 saturated carbocycles. The van der Waals surface area contributed by atoms with E-state index in [4.69, 9.17) is 0 Å². The molecule has 0 spiro atoms. The SMILES string of the molecule is Cc1ccccc1CC(Br)c1ccccc1C(F)(F)F. The van der Waals surface area contributed by atoms with E-state index >= 15 is 0 Å². The van der Waals surface area contributed by atoms with Gasteiger partial charge in [0.2, 0.25) is 0 Å². The monoisotopic (exact) mass is 342 g/mol. The maximum absolute atomic E-state index is 13.0. The lowest BCUT2D eigenvalue weighted by Crippen LogP contribution is -2.11. The predicted octanol–water partition coefficient (Wildman–Crippen LogP) is 5.69. The van der Waals surface area contributed by atoms with Crippen molar-refractivity contribution in [1.82, 2.24) is 0 Å². The molecule has 0 N–H and O–H groups in total. The summed E-state index contributed by atoms with van der Waals surface area (Å²) in [6.45, 7) is 1.96. The molecule has 1 unspecified atom stereocenters. The van der Waals surface area contributed by atoms with Crippen molar-refractivity contribution in [1.29, 1.82) is 0 Å². The molecule has 0 saturated heterocycles. The Morgan fingerprint density at radius 3 is 2.25 bits per heavy atom. The van der Waals surface area contributed by atoms with E-state index in [0.717, 1.165) is 17.2 Å². The Morgan fingerprint density at radius 2 is 1.60 bits per heavy atom. The molecule has 1 atom stereocenters. The lowest BCUT2D eigenvalue weighted by atomic mass is 9.97. The van der Waals surface area contributed by atoms with Crippen LogP contribution in [0.3, 0.4) is 0 Å². The Hall–Kier alpha value is -1.29. The fourth-order valence-electron chi connectivity index (χ4n) is 2.17. The molecule has 0 aliphatic rings. The van der Waals surface area contributed by atoms with E-state index in [1.807, 2.05) is 31.2 Å². The average molecular weight is 343 g/mol. The van der Waals surface area contributed by atoms with Crippen molar-refractivity contribution in [2.75, 3.05) is 0 Å². The number of rotatable bonds is 3. The molecule has 0 heterocycles. The number of hydrogen-bond donors (Lipinski definition) is 0. The summed E-state index contributed by atoms with van der Waals surface area (Å²) in [5.74, 6) is 0. The Morgan fingerprint density at radius 1 is 1.00 bits per heavy atom. The van der Waals surface area contributed by atoms with Gasteiger partial charge in [0.25, 0.3) is 0 Å². The lowest BCUT2D eigenvalue weighted by molar-refractivity contribution is -0.138. The quantitative estimate of drug-likeness (QED) is 0.628. The van der Waals surface area contributed by atoms with Crippen LogP contribution in [0, 0.1) is 6.92 Å². The summed E-state index contributed by atoms with van der Waals surface area (Å²) in [5, 5.41) is 0. The maximum Gasteiger partial charge on any atom is 0.416 e. The number of alkyl halides is 4. The van der Waals surface area contributed by atoms with E-state index in [1.54, 1.807) is 6.07 Å². The van der Waals surface area contributed by atoms with Gasteiger partial charge in [-0.2, -0.15) is 13.2 Å². The molecule has 2 aromatic carbocycles. The highest BCUT2D eigenvalue weighted by Crippen LogP contribution is 2.38. The molecule has 0 bridgehead atoms. The standard InChI is InChI=1S/C16H14BrF3/c1-11-6-2-3-7-12(11)10-15(17)13-8-4-5-9-14(13)16(18,19)20/h2-9,15H,10H2,1H3. The summed E-state index contributed by atoms with van der Waals surface area (Å²) >= 11 is 3.40. The summed E-state index contributed by atoms with van der Waals surface area (Å²) < 4.78 is 39.0. The number of hydrogen-bond acceptors (Lipinski definition) is 0.